The van der Waals surface area contributed by atoms with E-state index in [-0.39, 0.29) is 17.9 Å². The van der Waals surface area contributed by atoms with Crippen molar-refractivity contribution in [1.29, 1.82) is 0 Å². The summed E-state index contributed by atoms with van der Waals surface area (Å²) in [5.41, 5.74) is 2.46. The van der Waals surface area contributed by atoms with Gasteiger partial charge in [0.15, 0.2) is 0 Å². The number of carbonyl (C=O) groups is 2. The molecular formula is C24H27N3O2. The van der Waals surface area contributed by atoms with Crippen LogP contribution >= 0.6 is 0 Å². The molecule has 0 saturated heterocycles. The standard InChI is InChI=1S/C24H27N3O2/c1-26-17-9-14-22(26)23(28)25-16-15-21(18-19-10-5-3-6-11-19)27(2)24(29)20-12-7-4-8-13-20/h3-14,17,21H,15-16,18H2,1-2H3,(H,25,28)/t21-/m1/s1. The minimum atomic E-state index is -0.104. The van der Waals surface area contributed by atoms with E-state index in [9.17, 15) is 9.59 Å². The molecule has 0 bridgehead atoms. The van der Waals surface area contributed by atoms with Crippen LogP contribution in [0.3, 0.4) is 0 Å². The molecule has 0 aliphatic carbocycles. The summed E-state index contributed by atoms with van der Waals surface area (Å²) in [6.45, 7) is 0.494. The van der Waals surface area contributed by atoms with E-state index < -0.39 is 0 Å². The van der Waals surface area contributed by atoms with Crippen molar-refractivity contribution in [1.82, 2.24) is 14.8 Å². The largest absolute Gasteiger partial charge is 0.351 e. The number of nitrogens with zero attached hydrogens (tertiary/aromatic N) is 2. The Labute approximate surface area is 172 Å². The molecule has 0 radical (unpaired) electrons. The lowest BCUT2D eigenvalue weighted by molar-refractivity contribution is 0.0723. The van der Waals surface area contributed by atoms with Crippen molar-refractivity contribution in [3.8, 4) is 0 Å². The van der Waals surface area contributed by atoms with Crippen LogP contribution in [0.5, 0.6) is 0 Å². The molecule has 0 fully saturated rings. The van der Waals surface area contributed by atoms with Crippen molar-refractivity contribution in [3.05, 3.63) is 95.8 Å². The Balaban J connectivity index is 1.68. The van der Waals surface area contributed by atoms with Crippen LogP contribution in [0.25, 0.3) is 0 Å². The predicted octanol–water partition coefficient (Wildman–Crippen LogP) is 3.53. The van der Waals surface area contributed by atoms with Crippen LogP contribution in [-0.4, -0.2) is 40.9 Å². The van der Waals surface area contributed by atoms with Gasteiger partial charge in [0, 0.05) is 38.4 Å². The van der Waals surface area contributed by atoms with E-state index in [4.69, 9.17) is 0 Å². The zero-order chi connectivity index (χ0) is 20.6. The van der Waals surface area contributed by atoms with Gasteiger partial charge in [-0.3, -0.25) is 9.59 Å². The Morgan fingerprint density at radius 3 is 2.24 bits per heavy atom. The first-order chi connectivity index (χ1) is 14.1. The molecule has 2 aromatic carbocycles. The SMILES string of the molecule is CN(C(=O)c1ccccc1)[C@H](CCNC(=O)c1cccn1C)Cc1ccccc1. The maximum absolute atomic E-state index is 12.9. The van der Waals surface area contributed by atoms with Gasteiger partial charge in [0.1, 0.15) is 5.69 Å². The highest BCUT2D eigenvalue weighted by molar-refractivity contribution is 5.94. The number of rotatable bonds is 8. The fourth-order valence-electron chi connectivity index (χ4n) is 3.41. The number of aryl methyl sites for hydroxylation is 1. The Kier molecular flexibility index (Phi) is 6.85. The van der Waals surface area contributed by atoms with Crippen LogP contribution in [0.1, 0.15) is 32.8 Å². The molecule has 1 N–H and O–H groups in total. The fraction of sp³-hybridized carbons (Fsp3) is 0.250. The van der Waals surface area contributed by atoms with E-state index in [1.165, 1.54) is 5.56 Å². The molecule has 0 aliphatic heterocycles. The van der Waals surface area contributed by atoms with Crippen LogP contribution in [0, 0.1) is 0 Å². The van der Waals surface area contributed by atoms with Gasteiger partial charge in [0.25, 0.3) is 11.8 Å². The van der Waals surface area contributed by atoms with Crippen molar-refractivity contribution in [3.63, 3.8) is 0 Å². The number of carbonyl (C=O) groups excluding carboxylic acids is 2. The molecule has 3 rings (SSSR count). The van der Waals surface area contributed by atoms with Crippen LogP contribution < -0.4 is 5.32 Å². The lowest BCUT2D eigenvalue weighted by Gasteiger charge is -2.29. The van der Waals surface area contributed by atoms with Crippen LogP contribution in [0.2, 0.25) is 0 Å². The lowest BCUT2D eigenvalue weighted by Crippen LogP contribution is -2.41. The van der Waals surface area contributed by atoms with E-state index >= 15 is 0 Å². The molecule has 5 heteroatoms. The lowest BCUT2D eigenvalue weighted by atomic mass is 10.0. The first-order valence-electron chi connectivity index (χ1n) is 9.82. The molecule has 5 nitrogen and oxygen atoms in total. The Hall–Kier alpha value is -3.34. The molecule has 1 aromatic heterocycles. The van der Waals surface area contributed by atoms with Gasteiger partial charge in [0.05, 0.1) is 0 Å². The number of likely N-dealkylation sites (N-methyl/N-ethyl adjacent to an activating group) is 1. The highest BCUT2D eigenvalue weighted by atomic mass is 16.2. The van der Waals surface area contributed by atoms with Gasteiger partial charge in [-0.2, -0.15) is 0 Å². The minimum Gasteiger partial charge on any atom is -0.351 e. The summed E-state index contributed by atoms with van der Waals surface area (Å²) >= 11 is 0. The second-order valence-corrected chi connectivity index (χ2v) is 7.17. The highest BCUT2D eigenvalue weighted by Crippen LogP contribution is 2.14. The maximum atomic E-state index is 12.9. The van der Waals surface area contributed by atoms with Gasteiger partial charge >= 0.3 is 0 Å². The van der Waals surface area contributed by atoms with E-state index in [0.717, 1.165) is 6.42 Å². The quantitative estimate of drug-likeness (QED) is 0.641. The van der Waals surface area contributed by atoms with Gasteiger partial charge in [-0.05, 0) is 42.7 Å². The van der Waals surface area contributed by atoms with Crippen molar-refractivity contribution in [2.75, 3.05) is 13.6 Å². The van der Waals surface area contributed by atoms with E-state index in [2.05, 4.69) is 17.4 Å². The molecule has 0 saturated carbocycles. The van der Waals surface area contributed by atoms with Crippen molar-refractivity contribution < 1.29 is 9.59 Å². The van der Waals surface area contributed by atoms with Crippen molar-refractivity contribution >= 4 is 11.8 Å². The maximum Gasteiger partial charge on any atom is 0.267 e. The molecule has 0 unspecified atom stereocenters. The third-order valence-electron chi connectivity index (χ3n) is 5.14. The second kappa shape index (κ2) is 9.73. The monoisotopic (exact) mass is 389 g/mol. The summed E-state index contributed by atoms with van der Waals surface area (Å²) in [4.78, 5) is 27.1. The van der Waals surface area contributed by atoms with Gasteiger partial charge < -0.3 is 14.8 Å². The summed E-state index contributed by atoms with van der Waals surface area (Å²) < 4.78 is 1.79. The average molecular weight is 389 g/mol. The summed E-state index contributed by atoms with van der Waals surface area (Å²) in [6.07, 6.45) is 3.25. The van der Waals surface area contributed by atoms with Crippen LogP contribution in [0.4, 0.5) is 0 Å². The summed E-state index contributed by atoms with van der Waals surface area (Å²) in [6, 6.07) is 23.0. The summed E-state index contributed by atoms with van der Waals surface area (Å²) in [7, 11) is 3.68. The molecule has 0 spiro atoms. The Morgan fingerprint density at radius 2 is 1.62 bits per heavy atom. The molecule has 2 amide bonds. The fourth-order valence-corrected chi connectivity index (χ4v) is 3.41. The molecular weight excluding hydrogens is 362 g/mol. The topological polar surface area (TPSA) is 54.3 Å². The molecule has 1 atom stereocenters. The van der Waals surface area contributed by atoms with Gasteiger partial charge in [0.2, 0.25) is 0 Å². The first kappa shape index (κ1) is 20.4. The smallest absolute Gasteiger partial charge is 0.267 e. The van der Waals surface area contributed by atoms with Gasteiger partial charge in [-0.1, -0.05) is 48.5 Å². The number of benzene rings is 2. The highest BCUT2D eigenvalue weighted by Gasteiger charge is 2.22. The Bertz CT molecular complexity index is 935. The minimum absolute atomic E-state index is 0.0136. The molecule has 1 heterocycles. The molecule has 150 valence electrons. The predicted molar refractivity (Wildman–Crippen MR) is 115 cm³/mol. The van der Waals surface area contributed by atoms with Crippen molar-refractivity contribution in [2.45, 2.75) is 18.9 Å². The van der Waals surface area contributed by atoms with Crippen LogP contribution in [-0.2, 0) is 13.5 Å². The number of hydrogen-bond donors (Lipinski definition) is 1. The van der Waals surface area contributed by atoms with Crippen LogP contribution in [0.15, 0.2) is 79.0 Å². The molecule has 3 aromatic rings. The third-order valence-corrected chi connectivity index (χ3v) is 5.14. The van der Waals surface area contributed by atoms with Gasteiger partial charge in [-0.15, -0.1) is 0 Å². The van der Waals surface area contributed by atoms with E-state index in [1.54, 1.807) is 15.5 Å². The number of amides is 2. The number of hydrogen-bond acceptors (Lipinski definition) is 2. The first-order valence-corrected chi connectivity index (χ1v) is 9.82. The average Bonchev–Trinajstić information content (AvgIpc) is 3.19. The second-order valence-electron chi connectivity index (χ2n) is 7.17. The molecule has 0 aliphatic rings. The van der Waals surface area contributed by atoms with Crippen molar-refractivity contribution in [2.24, 2.45) is 7.05 Å². The van der Waals surface area contributed by atoms with E-state index in [1.807, 2.05) is 74.9 Å². The number of aromatic nitrogens is 1. The molecule has 29 heavy (non-hydrogen) atoms. The Morgan fingerprint density at radius 1 is 0.966 bits per heavy atom. The zero-order valence-corrected chi connectivity index (χ0v) is 16.9. The summed E-state index contributed by atoms with van der Waals surface area (Å²) in [5.74, 6) is -0.117. The van der Waals surface area contributed by atoms with E-state index in [0.29, 0.717) is 24.2 Å². The zero-order valence-electron chi connectivity index (χ0n) is 16.9. The number of nitrogens with one attached hydrogen (secondary N) is 1. The van der Waals surface area contributed by atoms with Gasteiger partial charge in [-0.25, -0.2) is 0 Å². The third kappa shape index (κ3) is 5.35. The summed E-state index contributed by atoms with van der Waals surface area (Å²) in [5, 5.41) is 2.98. The normalized spacial score (nSPS) is 11.7.